The van der Waals surface area contributed by atoms with Gasteiger partial charge in [-0.05, 0) is 24.6 Å². The van der Waals surface area contributed by atoms with E-state index < -0.39 is 0 Å². The summed E-state index contributed by atoms with van der Waals surface area (Å²) in [4.78, 5) is 4.47. The number of methoxy groups -OCH3 is 1. The fourth-order valence-electron chi connectivity index (χ4n) is 1.34. The molecule has 1 aromatic heterocycles. The van der Waals surface area contributed by atoms with Gasteiger partial charge in [0, 0.05) is 13.7 Å². The summed E-state index contributed by atoms with van der Waals surface area (Å²) in [5.41, 5.74) is 2.06. The molecule has 0 amide bonds. The molecule has 0 saturated carbocycles. The summed E-state index contributed by atoms with van der Waals surface area (Å²) in [7, 11) is 1.69. The van der Waals surface area contributed by atoms with Gasteiger partial charge in [-0.3, -0.25) is 4.98 Å². The minimum Gasteiger partial charge on any atom is -0.378 e. The van der Waals surface area contributed by atoms with Gasteiger partial charge in [0.1, 0.15) is 0 Å². The molecule has 0 fully saturated rings. The summed E-state index contributed by atoms with van der Waals surface area (Å²) in [6.07, 6.45) is 0. The number of aromatic nitrogens is 1. The average molecular weight is 208 g/mol. The van der Waals surface area contributed by atoms with E-state index in [1.54, 1.807) is 7.11 Å². The van der Waals surface area contributed by atoms with Crippen LogP contribution in [0.15, 0.2) is 18.2 Å². The molecule has 84 valence electrons. The molecule has 1 heterocycles. The Morgan fingerprint density at radius 1 is 1.33 bits per heavy atom. The third-order valence-corrected chi connectivity index (χ3v) is 2.02. The minimum atomic E-state index is 0.581. The van der Waals surface area contributed by atoms with Gasteiger partial charge in [0.15, 0.2) is 0 Å². The molecule has 0 atom stereocenters. The molecule has 0 aliphatic heterocycles. The molecule has 0 saturated heterocycles. The van der Waals surface area contributed by atoms with Crippen LogP contribution in [0.5, 0.6) is 0 Å². The maximum Gasteiger partial charge on any atom is 0.0884 e. The maximum absolute atomic E-state index is 5.04. The van der Waals surface area contributed by atoms with Gasteiger partial charge in [0.25, 0.3) is 0 Å². The van der Waals surface area contributed by atoms with Crippen molar-refractivity contribution in [2.24, 2.45) is 5.92 Å². The van der Waals surface area contributed by atoms with E-state index in [9.17, 15) is 0 Å². The second-order valence-electron chi connectivity index (χ2n) is 4.08. The van der Waals surface area contributed by atoms with Crippen LogP contribution in [0.4, 0.5) is 0 Å². The highest BCUT2D eigenvalue weighted by Gasteiger charge is 1.98. The standard InChI is InChI=1S/C12H20N2O/c1-10(2)7-13-8-11-5-4-6-12(14-11)9-15-3/h4-6,10,13H,7-9H2,1-3H3. The topological polar surface area (TPSA) is 34.1 Å². The van der Waals surface area contributed by atoms with Crippen LogP contribution in [0.25, 0.3) is 0 Å². The number of pyridine rings is 1. The predicted octanol–water partition coefficient (Wildman–Crippen LogP) is 1.97. The van der Waals surface area contributed by atoms with Crippen LogP contribution in [-0.2, 0) is 17.9 Å². The lowest BCUT2D eigenvalue weighted by molar-refractivity contribution is 0.181. The predicted molar refractivity (Wildman–Crippen MR) is 61.5 cm³/mol. The van der Waals surface area contributed by atoms with Crippen molar-refractivity contribution in [2.45, 2.75) is 27.0 Å². The normalized spacial score (nSPS) is 10.9. The first-order valence-corrected chi connectivity index (χ1v) is 5.37. The van der Waals surface area contributed by atoms with Gasteiger partial charge in [-0.15, -0.1) is 0 Å². The van der Waals surface area contributed by atoms with Crippen molar-refractivity contribution >= 4 is 0 Å². The highest BCUT2D eigenvalue weighted by Crippen LogP contribution is 2.01. The molecule has 15 heavy (non-hydrogen) atoms. The van der Waals surface area contributed by atoms with Crippen LogP contribution in [0.1, 0.15) is 25.2 Å². The van der Waals surface area contributed by atoms with E-state index in [1.807, 2.05) is 18.2 Å². The SMILES string of the molecule is COCc1cccc(CNCC(C)C)n1. The Hall–Kier alpha value is -0.930. The van der Waals surface area contributed by atoms with Crippen LogP contribution in [0.3, 0.4) is 0 Å². The summed E-state index contributed by atoms with van der Waals surface area (Å²) >= 11 is 0. The zero-order valence-corrected chi connectivity index (χ0v) is 9.79. The molecular weight excluding hydrogens is 188 g/mol. The van der Waals surface area contributed by atoms with Crippen molar-refractivity contribution in [1.82, 2.24) is 10.3 Å². The van der Waals surface area contributed by atoms with Gasteiger partial charge in [0.05, 0.1) is 18.0 Å². The van der Waals surface area contributed by atoms with Crippen LogP contribution >= 0.6 is 0 Å². The minimum absolute atomic E-state index is 0.581. The van der Waals surface area contributed by atoms with E-state index in [1.165, 1.54) is 0 Å². The molecule has 0 aliphatic carbocycles. The van der Waals surface area contributed by atoms with Crippen molar-refractivity contribution < 1.29 is 4.74 Å². The van der Waals surface area contributed by atoms with E-state index in [2.05, 4.69) is 24.1 Å². The number of rotatable bonds is 6. The summed E-state index contributed by atoms with van der Waals surface area (Å²) in [5.74, 6) is 0.673. The first-order chi connectivity index (χ1) is 7.22. The molecular formula is C12H20N2O. The van der Waals surface area contributed by atoms with Gasteiger partial charge in [-0.25, -0.2) is 0 Å². The Bertz CT molecular complexity index is 287. The molecule has 0 aliphatic rings. The van der Waals surface area contributed by atoms with Crippen LogP contribution < -0.4 is 5.32 Å². The third-order valence-electron chi connectivity index (χ3n) is 2.02. The molecule has 3 nitrogen and oxygen atoms in total. The van der Waals surface area contributed by atoms with Crippen LogP contribution in [-0.4, -0.2) is 18.6 Å². The molecule has 1 rings (SSSR count). The Labute approximate surface area is 91.9 Å². The van der Waals surface area contributed by atoms with E-state index in [-0.39, 0.29) is 0 Å². The summed E-state index contributed by atoms with van der Waals surface area (Å²) in [6.45, 7) is 6.83. The first-order valence-electron chi connectivity index (χ1n) is 5.37. The fraction of sp³-hybridized carbons (Fsp3) is 0.583. The summed E-state index contributed by atoms with van der Waals surface area (Å²) in [5, 5.41) is 3.37. The van der Waals surface area contributed by atoms with Gasteiger partial charge in [-0.1, -0.05) is 19.9 Å². The van der Waals surface area contributed by atoms with Gasteiger partial charge in [0.2, 0.25) is 0 Å². The second-order valence-corrected chi connectivity index (χ2v) is 4.08. The molecule has 0 radical (unpaired) electrons. The van der Waals surface area contributed by atoms with Crippen LogP contribution in [0.2, 0.25) is 0 Å². The molecule has 0 spiro atoms. The Kier molecular flexibility index (Phi) is 5.29. The van der Waals surface area contributed by atoms with Crippen molar-refractivity contribution in [3.63, 3.8) is 0 Å². The molecule has 0 aromatic carbocycles. The van der Waals surface area contributed by atoms with Gasteiger partial charge >= 0.3 is 0 Å². The van der Waals surface area contributed by atoms with Gasteiger partial charge < -0.3 is 10.1 Å². The monoisotopic (exact) mass is 208 g/mol. The lowest BCUT2D eigenvalue weighted by Crippen LogP contribution is -2.19. The Morgan fingerprint density at radius 3 is 2.73 bits per heavy atom. The lowest BCUT2D eigenvalue weighted by atomic mass is 10.2. The summed E-state index contributed by atoms with van der Waals surface area (Å²) in [6, 6.07) is 6.04. The van der Waals surface area contributed by atoms with E-state index in [0.717, 1.165) is 24.5 Å². The van der Waals surface area contributed by atoms with Crippen molar-refractivity contribution in [2.75, 3.05) is 13.7 Å². The van der Waals surface area contributed by atoms with Crippen LogP contribution in [0, 0.1) is 5.92 Å². The zero-order chi connectivity index (χ0) is 11.1. The molecule has 0 unspecified atom stereocenters. The average Bonchev–Trinajstić information content (AvgIpc) is 2.18. The largest absolute Gasteiger partial charge is 0.378 e. The smallest absolute Gasteiger partial charge is 0.0884 e. The number of hydrogen-bond acceptors (Lipinski definition) is 3. The zero-order valence-electron chi connectivity index (χ0n) is 9.79. The van der Waals surface area contributed by atoms with Crippen molar-refractivity contribution in [3.05, 3.63) is 29.6 Å². The highest BCUT2D eigenvalue weighted by molar-refractivity contribution is 5.10. The molecule has 1 N–H and O–H groups in total. The number of ether oxygens (including phenoxy) is 1. The third kappa shape index (κ3) is 4.91. The quantitative estimate of drug-likeness (QED) is 0.776. The first kappa shape index (κ1) is 12.1. The van der Waals surface area contributed by atoms with E-state index >= 15 is 0 Å². The highest BCUT2D eigenvalue weighted by atomic mass is 16.5. The van der Waals surface area contributed by atoms with Crippen molar-refractivity contribution in [1.29, 1.82) is 0 Å². The van der Waals surface area contributed by atoms with Crippen molar-refractivity contribution in [3.8, 4) is 0 Å². The molecule has 1 aromatic rings. The maximum atomic E-state index is 5.04. The Balaban J connectivity index is 2.43. The van der Waals surface area contributed by atoms with Gasteiger partial charge in [-0.2, -0.15) is 0 Å². The second kappa shape index (κ2) is 6.53. The van der Waals surface area contributed by atoms with E-state index in [4.69, 9.17) is 4.74 Å². The molecule has 0 bridgehead atoms. The lowest BCUT2D eigenvalue weighted by Gasteiger charge is -2.07. The Morgan fingerprint density at radius 2 is 2.07 bits per heavy atom. The number of nitrogens with zero attached hydrogens (tertiary/aromatic N) is 1. The number of hydrogen-bond donors (Lipinski definition) is 1. The number of nitrogens with one attached hydrogen (secondary N) is 1. The molecule has 3 heteroatoms. The summed E-state index contributed by atoms with van der Waals surface area (Å²) < 4.78 is 5.04. The fourth-order valence-corrected chi connectivity index (χ4v) is 1.34. The van der Waals surface area contributed by atoms with E-state index in [0.29, 0.717) is 12.5 Å².